The van der Waals surface area contributed by atoms with Crippen molar-refractivity contribution in [3.63, 3.8) is 0 Å². The minimum atomic E-state index is -0.307. The number of hydrogen-bond acceptors (Lipinski definition) is 3. The Morgan fingerprint density at radius 1 is 0.312 bits per heavy atom. The molecule has 0 saturated heterocycles. The van der Waals surface area contributed by atoms with Gasteiger partial charge in [0.05, 0.1) is 0 Å². The van der Waals surface area contributed by atoms with Crippen molar-refractivity contribution >= 4 is 54.8 Å². The first-order valence-electron chi connectivity index (χ1n) is 21.9. The van der Waals surface area contributed by atoms with Crippen molar-refractivity contribution in [3.8, 4) is 44.5 Å². The highest BCUT2D eigenvalue weighted by Crippen LogP contribution is 2.42. The van der Waals surface area contributed by atoms with E-state index in [4.69, 9.17) is 9.98 Å². The molecule has 11 aromatic rings. The van der Waals surface area contributed by atoms with E-state index in [2.05, 4.69) is 230 Å². The largest absolute Gasteiger partial charge is 0.344 e. The van der Waals surface area contributed by atoms with Crippen molar-refractivity contribution in [3.05, 3.63) is 253 Å². The number of rotatable bonds is 7. The van der Waals surface area contributed by atoms with Crippen molar-refractivity contribution in [1.29, 1.82) is 0 Å². The Morgan fingerprint density at radius 3 is 1.55 bits per heavy atom. The van der Waals surface area contributed by atoms with Gasteiger partial charge in [-0.25, -0.2) is 9.98 Å². The third-order valence-corrected chi connectivity index (χ3v) is 12.7. The summed E-state index contributed by atoms with van der Waals surface area (Å²) in [6.07, 6.45) is -0.307. The molecule has 0 radical (unpaired) electrons. The zero-order valence-corrected chi connectivity index (χ0v) is 35.0. The van der Waals surface area contributed by atoms with E-state index in [1.54, 1.807) is 0 Å². The van der Waals surface area contributed by atoms with E-state index in [9.17, 15) is 0 Å². The van der Waals surface area contributed by atoms with Crippen LogP contribution in [-0.2, 0) is 0 Å². The van der Waals surface area contributed by atoms with Crippen molar-refractivity contribution < 1.29 is 0 Å². The Hall–Kier alpha value is -8.40. The molecule has 3 nitrogen and oxygen atoms in total. The van der Waals surface area contributed by atoms with Gasteiger partial charge < -0.3 is 5.32 Å². The molecule has 1 heterocycles. The smallest absolute Gasteiger partial charge is 0.159 e. The van der Waals surface area contributed by atoms with Gasteiger partial charge in [0.15, 0.2) is 5.84 Å². The van der Waals surface area contributed by atoms with Crippen LogP contribution < -0.4 is 5.32 Å². The molecule has 1 N–H and O–H groups in total. The zero-order chi connectivity index (χ0) is 42.4. The maximum absolute atomic E-state index is 5.26. The Kier molecular flexibility index (Phi) is 9.23. The number of nitrogens with one attached hydrogen (secondary N) is 1. The maximum atomic E-state index is 5.26. The standard InChI is InChI=1S/C61H41N3/c1-3-16-40(17-4-1)43-21-14-25-48(37-43)60-62-59(42-19-5-2-6-20-42)63-61(64-60)49-26-15-23-46(38-49)51-34-32-41-18-7-8-27-50(41)58(51)47-24-13-22-44(36-47)45-33-35-56-54-30-10-9-28-52(54)53-29-11-12-31-55(53)57(56)39-45/h1-39,59H,(H,62,63,64). The van der Waals surface area contributed by atoms with Crippen molar-refractivity contribution in [2.24, 2.45) is 9.98 Å². The van der Waals surface area contributed by atoms with Crippen LogP contribution in [0.4, 0.5) is 0 Å². The molecular formula is C61H41N3. The van der Waals surface area contributed by atoms with Gasteiger partial charge in [-0.1, -0.05) is 212 Å². The molecule has 0 bridgehead atoms. The lowest BCUT2D eigenvalue weighted by Crippen LogP contribution is -2.33. The van der Waals surface area contributed by atoms with Crippen molar-refractivity contribution in [1.82, 2.24) is 5.32 Å². The van der Waals surface area contributed by atoms with Crippen molar-refractivity contribution in [2.75, 3.05) is 0 Å². The SMILES string of the molecule is c1ccc(-c2cccc(C3=NC(c4cccc(-c5ccc6ccccc6c5-c5cccc(-c6ccc7c8ccccc8c8ccccc8c7c6)c5)c4)=NC(c4ccccc4)N3)c2)cc1. The van der Waals surface area contributed by atoms with Gasteiger partial charge in [-0.2, -0.15) is 0 Å². The molecule has 1 aliphatic heterocycles. The highest BCUT2D eigenvalue weighted by molar-refractivity contribution is 6.25. The van der Waals surface area contributed by atoms with E-state index >= 15 is 0 Å². The lowest BCUT2D eigenvalue weighted by molar-refractivity contribution is 0.674. The monoisotopic (exact) mass is 815 g/mol. The molecule has 0 spiro atoms. The van der Waals surface area contributed by atoms with E-state index in [0.717, 1.165) is 39.2 Å². The molecule has 0 amide bonds. The average molecular weight is 816 g/mol. The van der Waals surface area contributed by atoms with Crippen molar-refractivity contribution in [2.45, 2.75) is 6.17 Å². The second kappa shape index (κ2) is 15.8. The summed E-state index contributed by atoms with van der Waals surface area (Å²) in [5.74, 6) is 1.48. The van der Waals surface area contributed by atoms with E-state index in [0.29, 0.717) is 5.84 Å². The van der Waals surface area contributed by atoms with Crippen LogP contribution >= 0.6 is 0 Å². The highest BCUT2D eigenvalue weighted by atomic mass is 15.2. The lowest BCUT2D eigenvalue weighted by atomic mass is 9.87. The molecule has 0 fully saturated rings. The molecular weight excluding hydrogens is 775 g/mol. The average Bonchev–Trinajstić information content (AvgIpc) is 3.38. The second-order valence-corrected chi connectivity index (χ2v) is 16.5. The predicted octanol–water partition coefficient (Wildman–Crippen LogP) is 15.5. The third-order valence-electron chi connectivity index (χ3n) is 12.7. The normalized spacial score (nSPS) is 13.8. The molecule has 1 aliphatic rings. The molecule has 0 saturated carbocycles. The molecule has 1 atom stereocenters. The van der Waals surface area contributed by atoms with E-state index in [-0.39, 0.29) is 6.17 Å². The number of aliphatic imine (C=N–C) groups is 2. The zero-order valence-electron chi connectivity index (χ0n) is 35.0. The molecule has 300 valence electrons. The maximum Gasteiger partial charge on any atom is 0.159 e. The molecule has 3 heteroatoms. The number of nitrogens with zero attached hydrogens (tertiary/aromatic N) is 2. The second-order valence-electron chi connectivity index (χ2n) is 16.5. The van der Waals surface area contributed by atoms with Gasteiger partial charge in [-0.3, -0.25) is 0 Å². The van der Waals surface area contributed by atoms with Crippen LogP contribution in [0.5, 0.6) is 0 Å². The Morgan fingerprint density at radius 2 is 0.812 bits per heavy atom. The topological polar surface area (TPSA) is 36.8 Å². The fraction of sp³-hybridized carbons (Fsp3) is 0.0164. The summed E-state index contributed by atoms with van der Waals surface area (Å²) in [7, 11) is 0. The first kappa shape index (κ1) is 37.4. The van der Waals surface area contributed by atoms with Crippen LogP contribution in [0.2, 0.25) is 0 Å². The molecule has 0 aromatic heterocycles. The number of benzene rings is 11. The number of amidine groups is 2. The summed E-state index contributed by atoms with van der Waals surface area (Å²) in [6, 6.07) is 85.0. The van der Waals surface area contributed by atoms with E-state index < -0.39 is 0 Å². The summed E-state index contributed by atoms with van der Waals surface area (Å²) in [6.45, 7) is 0. The molecule has 11 aromatic carbocycles. The van der Waals surface area contributed by atoms with Crippen LogP contribution in [-0.4, -0.2) is 11.7 Å². The van der Waals surface area contributed by atoms with Gasteiger partial charge in [0.1, 0.15) is 12.0 Å². The molecule has 12 rings (SSSR count). The van der Waals surface area contributed by atoms with E-state index in [1.165, 1.54) is 70.9 Å². The number of hydrogen-bond donors (Lipinski definition) is 1. The minimum Gasteiger partial charge on any atom is -0.344 e. The van der Waals surface area contributed by atoms with Crippen LogP contribution in [0.25, 0.3) is 87.6 Å². The Labute approximate surface area is 372 Å². The summed E-state index contributed by atoms with van der Waals surface area (Å²) in [5.41, 5.74) is 12.3. The fourth-order valence-corrected chi connectivity index (χ4v) is 9.60. The van der Waals surface area contributed by atoms with Crippen LogP contribution in [0.3, 0.4) is 0 Å². The quantitative estimate of drug-likeness (QED) is 0.160. The van der Waals surface area contributed by atoms with Gasteiger partial charge >= 0.3 is 0 Å². The van der Waals surface area contributed by atoms with Gasteiger partial charge in [-0.05, 0) is 117 Å². The predicted molar refractivity (Wildman–Crippen MR) is 270 cm³/mol. The lowest BCUT2D eigenvalue weighted by Gasteiger charge is -2.24. The Bertz CT molecular complexity index is 3610. The van der Waals surface area contributed by atoms with Gasteiger partial charge in [0, 0.05) is 11.1 Å². The van der Waals surface area contributed by atoms with E-state index in [1.807, 2.05) is 12.1 Å². The first-order chi connectivity index (χ1) is 31.7. The Balaban J connectivity index is 0.977. The van der Waals surface area contributed by atoms with Gasteiger partial charge in [0.25, 0.3) is 0 Å². The number of fused-ring (bicyclic) bond motifs is 7. The minimum absolute atomic E-state index is 0.307. The molecule has 0 aliphatic carbocycles. The van der Waals surface area contributed by atoms with Crippen LogP contribution in [0.1, 0.15) is 22.9 Å². The summed E-state index contributed by atoms with van der Waals surface area (Å²) < 4.78 is 0. The fourth-order valence-electron chi connectivity index (χ4n) is 9.60. The summed E-state index contributed by atoms with van der Waals surface area (Å²) in [4.78, 5) is 10.5. The van der Waals surface area contributed by atoms with Crippen LogP contribution in [0.15, 0.2) is 247 Å². The highest BCUT2D eigenvalue weighted by Gasteiger charge is 2.22. The summed E-state index contributed by atoms with van der Waals surface area (Å²) >= 11 is 0. The first-order valence-corrected chi connectivity index (χ1v) is 21.9. The van der Waals surface area contributed by atoms with Crippen LogP contribution in [0, 0.1) is 0 Å². The van der Waals surface area contributed by atoms with Gasteiger partial charge in [-0.15, -0.1) is 0 Å². The molecule has 64 heavy (non-hydrogen) atoms. The van der Waals surface area contributed by atoms with Gasteiger partial charge in [0.2, 0.25) is 0 Å². The summed E-state index contributed by atoms with van der Waals surface area (Å²) in [5, 5.41) is 13.7. The molecule has 1 unspecified atom stereocenters. The third kappa shape index (κ3) is 6.72.